The number of halogens is 3. The largest absolute Gasteiger partial charge is 0.511 e. The van der Waals surface area contributed by atoms with Crippen molar-refractivity contribution in [3.63, 3.8) is 0 Å². The fraction of sp³-hybridized carbons (Fsp3) is 0.217. The highest BCUT2D eigenvalue weighted by Gasteiger charge is 2.45. The minimum atomic E-state index is -3.44. The second-order valence-corrected chi connectivity index (χ2v) is 9.56. The van der Waals surface area contributed by atoms with Crippen molar-refractivity contribution in [2.75, 3.05) is 6.61 Å². The molecule has 0 spiro atoms. The van der Waals surface area contributed by atoms with E-state index in [-0.39, 0.29) is 5.75 Å². The quantitative estimate of drug-likeness (QED) is 0.279. The zero-order chi connectivity index (χ0) is 20.7. The lowest BCUT2D eigenvalue weighted by Crippen LogP contribution is -2.66. The molecule has 0 bridgehead atoms. The van der Waals surface area contributed by atoms with Crippen LogP contribution in [0.4, 0.5) is 13.2 Å². The summed E-state index contributed by atoms with van der Waals surface area (Å²) in [4.78, 5) is 0. The smallest absolute Gasteiger partial charge is 0.468 e. The van der Waals surface area contributed by atoms with Gasteiger partial charge in [-0.15, -0.1) is 0 Å². The van der Waals surface area contributed by atoms with Gasteiger partial charge >= 0.3 is 8.56 Å². The van der Waals surface area contributed by atoms with Crippen molar-refractivity contribution >= 4 is 18.9 Å². The van der Waals surface area contributed by atoms with Crippen LogP contribution in [-0.4, -0.2) is 15.2 Å². The Labute approximate surface area is 170 Å². The zero-order valence-corrected chi connectivity index (χ0v) is 17.2. The molecule has 0 unspecified atom stereocenters. The van der Waals surface area contributed by atoms with Crippen LogP contribution in [0.5, 0.6) is 5.75 Å². The Kier molecular flexibility index (Phi) is 7.12. The molecule has 2 nitrogen and oxygen atoms in total. The van der Waals surface area contributed by atoms with E-state index in [9.17, 15) is 13.2 Å². The van der Waals surface area contributed by atoms with E-state index in [4.69, 9.17) is 8.85 Å². The molecule has 3 rings (SSSR count). The van der Waals surface area contributed by atoms with Crippen LogP contribution in [0.15, 0.2) is 72.8 Å². The van der Waals surface area contributed by atoms with Gasteiger partial charge in [0.25, 0.3) is 0 Å². The summed E-state index contributed by atoms with van der Waals surface area (Å²) in [5.41, 5.74) is 0. The minimum absolute atomic E-state index is 0.362. The average molecular weight is 417 g/mol. The van der Waals surface area contributed by atoms with Gasteiger partial charge in [0.15, 0.2) is 11.6 Å². The Morgan fingerprint density at radius 3 is 1.86 bits per heavy atom. The molecule has 0 aromatic heterocycles. The Balaban J connectivity index is 2.12. The molecule has 0 N–H and O–H groups in total. The lowest BCUT2D eigenvalue weighted by atomic mass is 10.3. The summed E-state index contributed by atoms with van der Waals surface area (Å²) in [5.74, 6) is -4.53. The van der Waals surface area contributed by atoms with Crippen molar-refractivity contribution in [2.45, 2.75) is 26.2 Å². The molecule has 0 radical (unpaired) electrons. The maximum absolute atomic E-state index is 14.5. The van der Waals surface area contributed by atoms with Gasteiger partial charge in [-0.05, 0) is 18.6 Å². The molecule has 152 valence electrons. The lowest BCUT2D eigenvalue weighted by Gasteiger charge is -2.32. The second-order valence-electron chi connectivity index (χ2n) is 6.68. The van der Waals surface area contributed by atoms with E-state index >= 15 is 0 Å². The van der Waals surface area contributed by atoms with Gasteiger partial charge in [-0.25, -0.2) is 8.78 Å². The molecule has 0 aliphatic rings. The van der Waals surface area contributed by atoms with Crippen molar-refractivity contribution in [1.29, 1.82) is 0 Å². The van der Waals surface area contributed by atoms with Crippen LogP contribution in [0.3, 0.4) is 0 Å². The standard InChI is InChI=1S/C23H23F3O2Si/c1-2-3-10-17-27-29(18-11-6-4-7-12-18,19-13-8-5-9-14-19)28-21-16-15-20(24)22(25)23(21)26/h4-9,11-16H,2-3,10,17H2,1H3. The highest BCUT2D eigenvalue weighted by atomic mass is 28.4. The third-order valence-electron chi connectivity index (χ3n) is 4.61. The topological polar surface area (TPSA) is 18.5 Å². The third-order valence-corrected chi connectivity index (χ3v) is 7.92. The summed E-state index contributed by atoms with van der Waals surface area (Å²) in [6.45, 7) is 2.50. The van der Waals surface area contributed by atoms with Crippen LogP contribution in [0.2, 0.25) is 0 Å². The molecule has 0 amide bonds. The van der Waals surface area contributed by atoms with E-state index in [1.165, 1.54) is 0 Å². The van der Waals surface area contributed by atoms with Crippen LogP contribution in [0.25, 0.3) is 0 Å². The summed E-state index contributed by atoms with van der Waals surface area (Å²) in [6, 6.07) is 20.5. The molecule has 0 fully saturated rings. The number of benzene rings is 3. The zero-order valence-electron chi connectivity index (χ0n) is 16.2. The van der Waals surface area contributed by atoms with Gasteiger partial charge in [0.2, 0.25) is 5.82 Å². The first-order valence-electron chi connectivity index (χ1n) is 9.66. The summed E-state index contributed by atoms with van der Waals surface area (Å²) in [7, 11) is -3.44. The first-order chi connectivity index (χ1) is 14.1. The molecule has 0 atom stereocenters. The molecule has 0 saturated heterocycles. The lowest BCUT2D eigenvalue weighted by molar-refractivity contribution is 0.249. The molecule has 0 heterocycles. The predicted molar refractivity (Wildman–Crippen MR) is 110 cm³/mol. The number of hydrogen-bond acceptors (Lipinski definition) is 2. The number of hydrogen-bond donors (Lipinski definition) is 0. The third kappa shape index (κ3) is 4.71. The Morgan fingerprint density at radius 2 is 1.31 bits per heavy atom. The van der Waals surface area contributed by atoms with Gasteiger partial charge in [0.1, 0.15) is 5.75 Å². The second kappa shape index (κ2) is 9.76. The molecule has 0 aliphatic heterocycles. The van der Waals surface area contributed by atoms with E-state index < -0.39 is 26.0 Å². The average Bonchev–Trinajstić information content (AvgIpc) is 2.77. The van der Waals surface area contributed by atoms with Crippen molar-refractivity contribution in [2.24, 2.45) is 0 Å². The van der Waals surface area contributed by atoms with Crippen LogP contribution in [0.1, 0.15) is 26.2 Å². The Bertz CT molecular complexity index is 881. The van der Waals surface area contributed by atoms with Gasteiger partial charge in [0.05, 0.1) is 0 Å². The first-order valence-corrected chi connectivity index (χ1v) is 11.5. The fourth-order valence-corrected chi connectivity index (χ4v) is 6.23. The van der Waals surface area contributed by atoms with E-state index in [2.05, 4.69) is 6.92 Å². The van der Waals surface area contributed by atoms with Crippen molar-refractivity contribution in [3.8, 4) is 5.75 Å². The Hall–Kier alpha value is -2.57. The van der Waals surface area contributed by atoms with Crippen molar-refractivity contribution in [3.05, 3.63) is 90.2 Å². The van der Waals surface area contributed by atoms with Crippen molar-refractivity contribution < 1.29 is 22.0 Å². The molecule has 0 saturated carbocycles. The molecular formula is C23H23F3O2Si. The first kappa shape index (κ1) is 21.1. The Morgan fingerprint density at radius 1 is 0.724 bits per heavy atom. The van der Waals surface area contributed by atoms with Gasteiger partial charge in [-0.1, -0.05) is 80.4 Å². The van der Waals surface area contributed by atoms with Gasteiger partial charge in [-0.3, -0.25) is 0 Å². The fourth-order valence-electron chi connectivity index (χ4n) is 3.11. The molecule has 0 aliphatic carbocycles. The molecule has 29 heavy (non-hydrogen) atoms. The van der Waals surface area contributed by atoms with Gasteiger partial charge in [-0.2, -0.15) is 4.39 Å². The van der Waals surface area contributed by atoms with E-state index in [0.29, 0.717) is 6.61 Å². The van der Waals surface area contributed by atoms with Crippen LogP contribution in [0, 0.1) is 17.5 Å². The van der Waals surface area contributed by atoms with E-state index in [1.807, 2.05) is 60.7 Å². The molecule has 3 aromatic carbocycles. The summed E-state index contributed by atoms with van der Waals surface area (Å²) >= 11 is 0. The highest BCUT2D eigenvalue weighted by Crippen LogP contribution is 2.25. The van der Waals surface area contributed by atoms with Crippen LogP contribution in [-0.2, 0) is 4.43 Å². The maximum atomic E-state index is 14.5. The van der Waals surface area contributed by atoms with E-state index in [1.54, 1.807) is 0 Å². The SMILES string of the molecule is CCCCCO[Si](Oc1ccc(F)c(F)c1F)(c1ccccc1)c1ccccc1. The molecule has 3 aromatic rings. The predicted octanol–water partition coefficient (Wildman–Crippen LogP) is 4.95. The minimum Gasteiger partial charge on any atom is -0.511 e. The summed E-state index contributed by atoms with van der Waals surface area (Å²) in [6.07, 6.45) is 2.81. The van der Waals surface area contributed by atoms with Crippen LogP contribution < -0.4 is 14.8 Å². The summed E-state index contributed by atoms with van der Waals surface area (Å²) < 4.78 is 54.3. The van der Waals surface area contributed by atoms with Gasteiger partial charge < -0.3 is 8.85 Å². The summed E-state index contributed by atoms with van der Waals surface area (Å²) in [5, 5.41) is 1.51. The monoisotopic (exact) mass is 416 g/mol. The van der Waals surface area contributed by atoms with Gasteiger partial charge in [0, 0.05) is 17.0 Å². The van der Waals surface area contributed by atoms with E-state index in [0.717, 1.165) is 41.8 Å². The highest BCUT2D eigenvalue weighted by molar-refractivity contribution is 6.93. The normalized spacial score (nSPS) is 11.4. The number of rotatable bonds is 9. The van der Waals surface area contributed by atoms with Crippen LogP contribution >= 0.6 is 0 Å². The number of unbranched alkanes of at least 4 members (excludes halogenated alkanes) is 2. The van der Waals surface area contributed by atoms with Crippen molar-refractivity contribution in [1.82, 2.24) is 0 Å². The molecule has 6 heteroatoms. The maximum Gasteiger partial charge on any atom is 0.468 e. The molecular weight excluding hydrogens is 393 g/mol.